The molecule has 1 aromatic rings. The maximum absolute atomic E-state index is 5.80. The molecular formula is C15H23N3O. The highest BCUT2D eigenvalue weighted by Gasteiger charge is 2.21. The Hall–Kier alpha value is -1.71. The van der Waals surface area contributed by atoms with E-state index in [4.69, 9.17) is 10.5 Å². The molecule has 1 saturated carbocycles. The fraction of sp³-hybridized carbons (Fsp3) is 0.533. The van der Waals surface area contributed by atoms with Gasteiger partial charge < -0.3 is 15.8 Å². The molecule has 4 nitrogen and oxygen atoms in total. The lowest BCUT2D eigenvalue weighted by Crippen LogP contribution is -2.33. The Labute approximate surface area is 115 Å². The van der Waals surface area contributed by atoms with Gasteiger partial charge in [0.05, 0.1) is 7.11 Å². The number of nitrogens with two attached hydrogens (primary N) is 1. The number of benzene rings is 1. The fourth-order valence-corrected chi connectivity index (χ4v) is 1.96. The predicted octanol–water partition coefficient (Wildman–Crippen LogP) is 2.26. The smallest absolute Gasteiger partial charge is 0.188 e. The molecule has 0 bridgehead atoms. The van der Waals surface area contributed by atoms with Crippen molar-refractivity contribution >= 4 is 5.96 Å². The summed E-state index contributed by atoms with van der Waals surface area (Å²) in [4.78, 5) is 4.36. The van der Waals surface area contributed by atoms with E-state index in [0.717, 1.165) is 18.7 Å². The summed E-state index contributed by atoms with van der Waals surface area (Å²) in [5.74, 6) is 1.96. The van der Waals surface area contributed by atoms with Crippen LogP contribution < -0.4 is 15.8 Å². The van der Waals surface area contributed by atoms with Gasteiger partial charge in [-0.25, -0.2) is 0 Å². The van der Waals surface area contributed by atoms with Crippen LogP contribution in [0.2, 0.25) is 0 Å². The molecule has 1 unspecified atom stereocenters. The normalized spacial score (nSPS) is 17.1. The number of nitrogens with zero attached hydrogens (tertiary/aromatic N) is 1. The van der Waals surface area contributed by atoms with Crippen molar-refractivity contribution < 1.29 is 4.74 Å². The summed E-state index contributed by atoms with van der Waals surface area (Å²) in [5.41, 5.74) is 7.11. The molecule has 2 rings (SSSR count). The summed E-state index contributed by atoms with van der Waals surface area (Å²) in [6, 6.07) is 8.79. The van der Waals surface area contributed by atoms with Gasteiger partial charge in [0.1, 0.15) is 5.75 Å². The lowest BCUT2D eigenvalue weighted by atomic mass is 9.98. The molecular weight excluding hydrogens is 238 g/mol. The van der Waals surface area contributed by atoms with Crippen LogP contribution in [0.15, 0.2) is 29.3 Å². The van der Waals surface area contributed by atoms with Gasteiger partial charge in [0.25, 0.3) is 0 Å². The molecule has 0 radical (unpaired) electrons. The lowest BCUT2D eigenvalue weighted by molar-refractivity contribution is 0.414. The Morgan fingerprint density at radius 2 is 2.11 bits per heavy atom. The van der Waals surface area contributed by atoms with Crippen molar-refractivity contribution in [2.75, 3.05) is 13.7 Å². The van der Waals surface area contributed by atoms with Gasteiger partial charge in [0.2, 0.25) is 0 Å². The maximum atomic E-state index is 5.80. The first-order valence-electron chi connectivity index (χ1n) is 6.89. The molecule has 4 heteroatoms. The molecule has 0 aromatic heterocycles. The molecule has 104 valence electrons. The second-order valence-electron chi connectivity index (χ2n) is 5.15. The van der Waals surface area contributed by atoms with Crippen LogP contribution in [-0.4, -0.2) is 25.7 Å². The molecule has 0 heterocycles. The molecule has 1 aliphatic carbocycles. The van der Waals surface area contributed by atoms with Gasteiger partial charge >= 0.3 is 0 Å². The highest BCUT2D eigenvalue weighted by atomic mass is 16.5. The van der Waals surface area contributed by atoms with Crippen LogP contribution in [0.4, 0.5) is 0 Å². The van der Waals surface area contributed by atoms with Crippen molar-refractivity contribution in [1.29, 1.82) is 0 Å². The lowest BCUT2D eigenvalue weighted by Gasteiger charge is -2.11. The minimum atomic E-state index is 0.475. The van der Waals surface area contributed by atoms with Gasteiger partial charge in [-0.3, -0.25) is 4.99 Å². The topological polar surface area (TPSA) is 59.6 Å². The van der Waals surface area contributed by atoms with Gasteiger partial charge in [-0.15, -0.1) is 0 Å². The third kappa shape index (κ3) is 4.47. The molecule has 0 amide bonds. The van der Waals surface area contributed by atoms with E-state index in [1.54, 1.807) is 7.11 Å². The molecule has 1 aromatic carbocycles. The number of methoxy groups -OCH3 is 1. The molecule has 0 saturated heterocycles. The SMILES string of the molecule is COc1ccc(C(C)CCN=C(N)NC2CC2)cc1. The van der Waals surface area contributed by atoms with E-state index in [1.165, 1.54) is 18.4 Å². The van der Waals surface area contributed by atoms with E-state index in [-0.39, 0.29) is 0 Å². The Morgan fingerprint density at radius 3 is 2.68 bits per heavy atom. The van der Waals surface area contributed by atoms with Crippen molar-refractivity contribution in [3.05, 3.63) is 29.8 Å². The first-order chi connectivity index (χ1) is 9.19. The number of aliphatic imine (C=N–C) groups is 1. The van der Waals surface area contributed by atoms with Crippen LogP contribution in [0.25, 0.3) is 0 Å². The van der Waals surface area contributed by atoms with Gasteiger partial charge in [0.15, 0.2) is 5.96 Å². The molecule has 1 aliphatic rings. The number of guanidine groups is 1. The zero-order valence-corrected chi connectivity index (χ0v) is 11.7. The second kappa shape index (κ2) is 6.45. The minimum absolute atomic E-state index is 0.475. The second-order valence-corrected chi connectivity index (χ2v) is 5.15. The van der Waals surface area contributed by atoms with E-state index < -0.39 is 0 Å². The molecule has 0 spiro atoms. The van der Waals surface area contributed by atoms with Crippen molar-refractivity contribution in [1.82, 2.24) is 5.32 Å². The number of hydrogen-bond acceptors (Lipinski definition) is 2. The number of hydrogen-bond donors (Lipinski definition) is 2. The van der Waals surface area contributed by atoms with Crippen LogP contribution >= 0.6 is 0 Å². The van der Waals surface area contributed by atoms with Crippen LogP contribution in [0.3, 0.4) is 0 Å². The zero-order valence-electron chi connectivity index (χ0n) is 11.7. The summed E-state index contributed by atoms with van der Waals surface area (Å²) in [6.45, 7) is 2.97. The summed E-state index contributed by atoms with van der Waals surface area (Å²) in [7, 11) is 1.68. The van der Waals surface area contributed by atoms with Gasteiger partial charge in [-0.05, 0) is 42.9 Å². The van der Waals surface area contributed by atoms with Gasteiger partial charge in [-0.2, -0.15) is 0 Å². The van der Waals surface area contributed by atoms with E-state index in [9.17, 15) is 0 Å². The Bertz CT molecular complexity index is 424. The highest BCUT2D eigenvalue weighted by Crippen LogP contribution is 2.22. The van der Waals surface area contributed by atoms with Crippen LogP contribution in [-0.2, 0) is 0 Å². The largest absolute Gasteiger partial charge is 0.497 e. The number of rotatable bonds is 6. The first-order valence-corrected chi connectivity index (χ1v) is 6.89. The third-order valence-electron chi connectivity index (χ3n) is 3.46. The standard InChI is InChI=1S/C15H23N3O/c1-11(12-3-7-14(19-2)8-4-12)9-10-17-15(16)18-13-5-6-13/h3-4,7-8,11,13H,5-6,9-10H2,1-2H3,(H3,16,17,18). The highest BCUT2D eigenvalue weighted by molar-refractivity contribution is 5.78. The Kier molecular flexibility index (Phi) is 4.66. The monoisotopic (exact) mass is 261 g/mol. The first kappa shape index (κ1) is 13.7. The van der Waals surface area contributed by atoms with Gasteiger partial charge in [-0.1, -0.05) is 19.1 Å². The third-order valence-corrected chi connectivity index (χ3v) is 3.46. The minimum Gasteiger partial charge on any atom is -0.497 e. The number of nitrogens with one attached hydrogen (secondary N) is 1. The molecule has 0 aliphatic heterocycles. The van der Waals surface area contributed by atoms with Gasteiger partial charge in [0, 0.05) is 12.6 Å². The van der Waals surface area contributed by atoms with Crippen LogP contribution in [0, 0.1) is 0 Å². The summed E-state index contributed by atoms with van der Waals surface area (Å²) in [6.07, 6.45) is 3.44. The molecule has 3 N–H and O–H groups in total. The summed E-state index contributed by atoms with van der Waals surface area (Å²) in [5, 5.41) is 3.19. The van der Waals surface area contributed by atoms with Crippen LogP contribution in [0.5, 0.6) is 5.75 Å². The quantitative estimate of drug-likeness (QED) is 0.610. The van der Waals surface area contributed by atoms with E-state index >= 15 is 0 Å². The zero-order chi connectivity index (χ0) is 13.7. The van der Waals surface area contributed by atoms with Crippen molar-refractivity contribution in [2.24, 2.45) is 10.7 Å². The average Bonchev–Trinajstić information content (AvgIpc) is 3.22. The summed E-state index contributed by atoms with van der Waals surface area (Å²) >= 11 is 0. The predicted molar refractivity (Wildman–Crippen MR) is 78.7 cm³/mol. The fourth-order valence-electron chi connectivity index (χ4n) is 1.96. The number of ether oxygens (including phenoxy) is 1. The van der Waals surface area contributed by atoms with Crippen molar-refractivity contribution in [3.63, 3.8) is 0 Å². The maximum Gasteiger partial charge on any atom is 0.188 e. The molecule has 1 atom stereocenters. The van der Waals surface area contributed by atoms with E-state index in [1.807, 2.05) is 12.1 Å². The van der Waals surface area contributed by atoms with E-state index in [0.29, 0.717) is 17.9 Å². The molecule has 19 heavy (non-hydrogen) atoms. The van der Waals surface area contributed by atoms with Crippen molar-refractivity contribution in [2.45, 2.75) is 38.1 Å². The Balaban J connectivity index is 1.77. The average molecular weight is 261 g/mol. The molecule has 1 fully saturated rings. The summed E-state index contributed by atoms with van der Waals surface area (Å²) < 4.78 is 5.16. The Morgan fingerprint density at radius 1 is 1.42 bits per heavy atom. The van der Waals surface area contributed by atoms with Crippen LogP contribution in [0.1, 0.15) is 37.7 Å². The van der Waals surface area contributed by atoms with Crippen molar-refractivity contribution in [3.8, 4) is 5.75 Å². The van der Waals surface area contributed by atoms with E-state index in [2.05, 4.69) is 29.4 Å².